The highest BCUT2D eigenvalue weighted by molar-refractivity contribution is 5.84. The third-order valence-electron chi connectivity index (χ3n) is 4.41. The monoisotopic (exact) mass is 364 g/mol. The van der Waals surface area contributed by atoms with Gasteiger partial charge in [-0.3, -0.25) is 9.69 Å². The Morgan fingerprint density at radius 2 is 2.08 bits per heavy atom. The predicted molar refractivity (Wildman–Crippen MR) is 102 cm³/mol. The SMILES string of the molecule is CCCCNC(=NCC(=O)N(C)C)N1CCN(Cc2cc(C)on2)CC1. The van der Waals surface area contributed by atoms with Crippen LogP contribution in [0.4, 0.5) is 0 Å². The van der Waals surface area contributed by atoms with Crippen molar-refractivity contribution in [2.24, 2.45) is 4.99 Å². The van der Waals surface area contributed by atoms with E-state index >= 15 is 0 Å². The average Bonchev–Trinajstić information content (AvgIpc) is 3.03. The summed E-state index contributed by atoms with van der Waals surface area (Å²) in [5.41, 5.74) is 0.975. The summed E-state index contributed by atoms with van der Waals surface area (Å²) >= 11 is 0. The highest BCUT2D eigenvalue weighted by Gasteiger charge is 2.21. The highest BCUT2D eigenvalue weighted by atomic mass is 16.5. The van der Waals surface area contributed by atoms with Crippen molar-refractivity contribution in [2.75, 3.05) is 53.4 Å². The Labute approximate surface area is 156 Å². The second-order valence-electron chi connectivity index (χ2n) is 6.90. The summed E-state index contributed by atoms with van der Waals surface area (Å²) in [6.07, 6.45) is 2.22. The molecule has 0 saturated carbocycles. The van der Waals surface area contributed by atoms with E-state index in [9.17, 15) is 4.79 Å². The van der Waals surface area contributed by atoms with Crippen molar-refractivity contribution in [3.8, 4) is 0 Å². The molecule has 1 saturated heterocycles. The van der Waals surface area contributed by atoms with Crippen LogP contribution in [0.15, 0.2) is 15.6 Å². The van der Waals surface area contributed by atoms with Crippen molar-refractivity contribution < 1.29 is 9.32 Å². The molecule has 146 valence electrons. The van der Waals surface area contributed by atoms with Crippen molar-refractivity contribution in [3.63, 3.8) is 0 Å². The van der Waals surface area contributed by atoms with E-state index in [1.807, 2.05) is 13.0 Å². The Morgan fingerprint density at radius 3 is 2.65 bits per heavy atom. The van der Waals surface area contributed by atoms with E-state index in [0.717, 1.165) is 69.5 Å². The van der Waals surface area contributed by atoms with Gasteiger partial charge in [0, 0.05) is 59.4 Å². The number of nitrogens with zero attached hydrogens (tertiary/aromatic N) is 5. The van der Waals surface area contributed by atoms with E-state index in [0.29, 0.717) is 0 Å². The first kappa shape index (κ1) is 20.2. The Balaban J connectivity index is 1.89. The van der Waals surface area contributed by atoms with Crippen LogP contribution < -0.4 is 5.32 Å². The lowest BCUT2D eigenvalue weighted by molar-refractivity contribution is -0.127. The fourth-order valence-electron chi connectivity index (χ4n) is 2.77. The zero-order chi connectivity index (χ0) is 18.9. The molecule has 0 aliphatic carbocycles. The number of piperazine rings is 1. The number of rotatable bonds is 7. The average molecular weight is 364 g/mol. The Kier molecular flexibility index (Phi) is 7.90. The quantitative estimate of drug-likeness (QED) is 0.441. The Morgan fingerprint density at radius 1 is 1.35 bits per heavy atom. The van der Waals surface area contributed by atoms with Gasteiger partial charge in [0.2, 0.25) is 5.91 Å². The standard InChI is InChI=1S/C18H32N6O2/c1-5-6-7-19-18(20-13-17(25)22(3)4)24-10-8-23(9-11-24)14-16-12-15(2)26-21-16/h12H,5-11,13-14H2,1-4H3,(H,19,20). The highest BCUT2D eigenvalue weighted by Crippen LogP contribution is 2.09. The number of nitrogens with one attached hydrogen (secondary N) is 1. The van der Waals surface area contributed by atoms with Crippen LogP contribution >= 0.6 is 0 Å². The number of hydrogen-bond donors (Lipinski definition) is 1. The van der Waals surface area contributed by atoms with Crippen LogP contribution in [0.2, 0.25) is 0 Å². The van der Waals surface area contributed by atoms with Crippen LogP contribution in [0.5, 0.6) is 0 Å². The molecule has 0 bridgehead atoms. The van der Waals surface area contributed by atoms with Crippen LogP contribution in [0.3, 0.4) is 0 Å². The number of carbonyl (C=O) groups excluding carboxylic acids is 1. The van der Waals surface area contributed by atoms with Gasteiger partial charge in [-0.05, 0) is 13.3 Å². The number of likely N-dealkylation sites (N-methyl/N-ethyl adjacent to an activating group) is 1. The molecule has 1 fully saturated rings. The Bertz CT molecular complexity index is 590. The molecule has 8 nitrogen and oxygen atoms in total. The van der Waals surface area contributed by atoms with E-state index < -0.39 is 0 Å². The smallest absolute Gasteiger partial charge is 0.243 e. The fourth-order valence-corrected chi connectivity index (χ4v) is 2.77. The third-order valence-corrected chi connectivity index (χ3v) is 4.41. The van der Waals surface area contributed by atoms with Crippen LogP contribution in [0, 0.1) is 6.92 Å². The number of guanidine groups is 1. The number of aromatic nitrogens is 1. The second-order valence-corrected chi connectivity index (χ2v) is 6.90. The first-order valence-electron chi connectivity index (χ1n) is 9.37. The largest absolute Gasteiger partial charge is 0.361 e. The molecule has 8 heteroatoms. The van der Waals surface area contributed by atoms with Crippen LogP contribution in [0.1, 0.15) is 31.2 Å². The van der Waals surface area contributed by atoms with Crippen molar-refractivity contribution in [1.82, 2.24) is 25.2 Å². The van der Waals surface area contributed by atoms with Gasteiger partial charge >= 0.3 is 0 Å². The van der Waals surface area contributed by atoms with Crippen LogP contribution in [-0.4, -0.2) is 85.1 Å². The van der Waals surface area contributed by atoms with Crippen molar-refractivity contribution in [2.45, 2.75) is 33.2 Å². The molecule has 0 spiro atoms. The molecule has 26 heavy (non-hydrogen) atoms. The minimum Gasteiger partial charge on any atom is -0.361 e. The lowest BCUT2D eigenvalue weighted by Crippen LogP contribution is -2.52. The molecule has 1 aromatic heterocycles. The molecule has 1 aliphatic rings. The summed E-state index contributed by atoms with van der Waals surface area (Å²) in [5, 5.41) is 7.48. The van der Waals surface area contributed by atoms with Crippen LogP contribution in [0.25, 0.3) is 0 Å². The van der Waals surface area contributed by atoms with Crippen molar-refractivity contribution in [3.05, 3.63) is 17.5 Å². The molecule has 1 N–H and O–H groups in total. The molecule has 1 aromatic rings. The van der Waals surface area contributed by atoms with E-state index in [2.05, 4.69) is 32.2 Å². The normalized spacial score (nSPS) is 16.0. The first-order valence-corrected chi connectivity index (χ1v) is 9.37. The number of amides is 1. The summed E-state index contributed by atoms with van der Waals surface area (Å²) in [5.74, 6) is 1.70. The topological polar surface area (TPSA) is 77.2 Å². The fraction of sp³-hybridized carbons (Fsp3) is 0.722. The summed E-state index contributed by atoms with van der Waals surface area (Å²) in [6.45, 7) is 9.57. The first-order chi connectivity index (χ1) is 12.5. The maximum atomic E-state index is 11.9. The van der Waals surface area contributed by atoms with Gasteiger partial charge in [0.25, 0.3) is 0 Å². The van der Waals surface area contributed by atoms with E-state index in [1.54, 1.807) is 19.0 Å². The van der Waals surface area contributed by atoms with Gasteiger partial charge < -0.3 is 19.6 Å². The number of unbranched alkanes of at least 4 members (excludes halogenated alkanes) is 1. The lowest BCUT2D eigenvalue weighted by Gasteiger charge is -2.36. The minimum absolute atomic E-state index is 0.0137. The second kappa shape index (κ2) is 10.2. The summed E-state index contributed by atoms with van der Waals surface area (Å²) in [6, 6.07) is 1.98. The van der Waals surface area contributed by atoms with E-state index in [-0.39, 0.29) is 12.5 Å². The third kappa shape index (κ3) is 6.33. The number of aliphatic imine (C=N–C) groups is 1. The van der Waals surface area contributed by atoms with Gasteiger partial charge in [-0.1, -0.05) is 18.5 Å². The summed E-state index contributed by atoms with van der Waals surface area (Å²) in [7, 11) is 3.51. The molecule has 1 amide bonds. The molecule has 2 heterocycles. The molecule has 0 aromatic carbocycles. The number of aryl methyl sites for hydroxylation is 1. The van der Waals surface area contributed by atoms with Gasteiger partial charge in [-0.2, -0.15) is 0 Å². The van der Waals surface area contributed by atoms with E-state index in [1.165, 1.54) is 0 Å². The molecular weight excluding hydrogens is 332 g/mol. The predicted octanol–water partition coefficient (Wildman–Crippen LogP) is 0.935. The van der Waals surface area contributed by atoms with Crippen molar-refractivity contribution in [1.29, 1.82) is 0 Å². The van der Waals surface area contributed by atoms with Crippen molar-refractivity contribution >= 4 is 11.9 Å². The molecule has 0 atom stereocenters. The molecule has 2 rings (SSSR count). The van der Waals surface area contributed by atoms with Gasteiger partial charge in [0.05, 0.1) is 5.69 Å². The van der Waals surface area contributed by atoms with Gasteiger partial charge in [-0.25, -0.2) is 4.99 Å². The Hall–Kier alpha value is -2.09. The van der Waals surface area contributed by atoms with Gasteiger partial charge in [-0.15, -0.1) is 0 Å². The molecular formula is C18H32N6O2. The zero-order valence-electron chi connectivity index (χ0n) is 16.5. The maximum absolute atomic E-state index is 11.9. The van der Waals surface area contributed by atoms with E-state index in [4.69, 9.17) is 4.52 Å². The van der Waals surface area contributed by atoms with Gasteiger partial charge in [0.1, 0.15) is 12.3 Å². The molecule has 0 unspecified atom stereocenters. The molecule has 1 aliphatic heterocycles. The van der Waals surface area contributed by atoms with Crippen LogP contribution in [-0.2, 0) is 11.3 Å². The summed E-state index contributed by atoms with van der Waals surface area (Å²) < 4.78 is 5.14. The maximum Gasteiger partial charge on any atom is 0.243 e. The summed E-state index contributed by atoms with van der Waals surface area (Å²) in [4.78, 5) is 22.6. The zero-order valence-corrected chi connectivity index (χ0v) is 16.5. The lowest BCUT2D eigenvalue weighted by atomic mass is 10.3. The number of carbonyl (C=O) groups is 1. The minimum atomic E-state index is 0.0137. The van der Waals surface area contributed by atoms with Gasteiger partial charge in [0.15, 0.2) is 5.96 Å². The molecule has 0 radical (unpaired) electrons. The number of hydrogen-bond acceptors (Lipinski definition) is 5.